The highest BCUT2D eigenvalue weighted by atomic mass is 32.2. The molecule has 5 nitrogen and oxygen atoms in total. The number of aromatic nitrogens is 3. The zero-order valence-electron chi connectivity index (χ0n) is 9.63. The van der Waals surface area contributed by atoms with Crippen LogP contribution in [0.25, 0.3) is 0 Å². The largest absolute Gasteiger partial charge is 0.476 e. The van der Waals surface area contributed by atoms with Gasteiger partial charge in [-0.05, 0) is 23.9 Å². The first kappa shape index (κ1) is 14.3. The monoisotopic (exact) mass is 301 g/mol. The molecule has 104 valence electrons. The van der Waals surface area contributed by atoms with E-state index >= 15 is 0 Å². The van der Waals surface area contributed by atoms with Crippen LogP contribution in [0.1, 0.15) is 16.1 Å². The molecule has 0 aliphatic rings. The minimum atomic E-state index is -4.46. The van der Waals surface area contributed by atoms with Crippen molar-refractivity contribution in [3.05, 3.63) is 42.0 Å². The van der Waals surface area contributed by atoms with Gasteiger partial charge in [0.2, 0.25) is 0 Å². The van der Waals surface area contributed by atoms with E-state index in [0.29, 0.717) is 6.20 Å². The molecule has 9 heteroatoms. The Morgan fingerprint density at radius 1 is 1.15 bits per heavy atom. The molecule has 20 heavy (non-hydrogen) atoms. The molecule has 0 aliphatic carbocycles. The van der Waals surface area contributed by atoms with Crippen LogP contribution >= 0.6 is 11.8 Å². The Hall–Kier alpha value is -2.16. The first-order chi connectivity index (χ1) is 9.38. The molecule has 0 saturated carbocycles. The second kappa shape index (κ2) is 5.45. The fraction of sp³-hybridized carbons (Fsp3) is 0.0909. The van der Waals surface area contributed by atoms with Gasteiger partial charge in [-0.3, -0.25) is 0 Å². The number of carbonyl (C=O) groups is 1. The minimum Gasteiger partial charge on any atom is -0.476 e. The van der Waals surface area contributed by atoms with Crippen LogP contribution in [0.2, 0.25) is 0 Å². The summed E-state index contributed by atoms with van der Waals surface area (Å²) in [6, 6.07) is 2.01. The lowest BCUT2D eigenvalue weighted by molar-refractivity contribution is -0.137. The predicted molar refractivity (Wildman–Crippen MR) is 62.4 cm³/mol. The SMILES string of the molecule is O=C(O)c1nccnc1Sc1ccc(C(F)(F)F)cn1. The molecule has 2 rings (SSSR count). The van der Waals surface area contributed by atoms with Gasteiger partial charge in [0.25, 0.3) is 0 Å². The Labute approximate surface area is 114 Å². The van der Waals surface area contributed by atoms with Crippen molar-refractivity contribution in [3.63, 3.8) is 0 Å². The third kappa shape index (κ3) is 3.23. The lowest BCUT2D eigenvalue weighted by Crippen LogP contribution is -2.06. The van der Waals surface area contributed by atoms with Crippen molar-refractivity contribution in [1.29, 1.82) is 0 Å². The number of nitrogens with zero attached hydrogens (tertiary/aromatic N) is 3. The second-order valence-corrected chi connectivity index (χ2v) is 4.51. The molecule has 0 aliphatic heterocycles. The summed E-state index contributed by atoms with van der Waals surface area (Å²) in [6.07, 6.45) is -1.28. The smallest absolute Gasteiger partial charge is 0.417 e. The van der Waals surface area contributed by atoms with Gasteiger partial charge in [-0.15, -0.1) is 0 Å². The van der Waals surface area contributed by atoms with Gasteiger partial charge in [0, 0.05) is 18.6 Å². The molecule has 0 aromatic carbocycles. The van der Waals surface area contributed by atoms with Crippen molar-refractivity contribution in [1.82, 2.24) is 15.0 Å². The molecular weight excluding hydrogens is 295 g/mol. The summed E-state index contributed by atoms with van der Waals surface area (Å²) in [6.45, 7) is 0. The normalized spacial score (nSPS) is 11.3. The number of pyridine rings is 1. The van der Waals surface area contributed by atoms with Gasteiger partial charge in [-0.1, -0.05) is 0 Å². The van der Waals surface area contributed by atoms with E-state index in [4.69, 9.17) is 5.11 Å². The Morgan fingerprint density at radius 3 is 2.40 bits per heavy atom. The van der Waals surface area contributed by atoms with E-state index in [9.17, 15) is 18.0 Å². The maximum Gasteiger partial charge on any atom is 0.417 e. The van der Waals surface area contributed by atoms with Crippen LogP contribution in [0.4, 0.5) is 13.2 Å². The minimum absolute atomic E-state index is 0.0623. The highest BCUT2D eigenvalue weighted by Crippen LogP contribution is 2.31. The maximum atomic E-state index is 12.4. The number of alkyl halides is 3. The quantitative estimate of drug-likeness (QED) is 0.939. The van der Waals surface area contributed by atoms with Gasteiger partial charge < -0.3 is 5.11 Å². The van der Waals surface area contributed by atoms with Crippen LogP contribution < -0.4 is 0 Å². The van der Waals surface area contributed by atoms with Crippen molar-refractivity contribution in [2.24, 2.45) is 0 Å². The van der Waals surface area contributed by atoms with Crippen molar-refractivity contribution in [2.75, 3.05) is 0 Å². The summed E-state index contributed by atoms with van der Waals surface area (Å²) in [5.74, 6) is -1.27. The molecule has 0 radical (unpaired) electrons. The molecule has 0 fully saturated rings. The number of rotatable bonds is 3. The standard InChI is InChI=1S/C11H6F3N3O2S/c12-11(13,14)6-1-2-7(17-5-6)20-9-8(10(18)19)15-3-4-16-9/h1-5H,(H,18,19). The molecule has 0 spiro atoms. The fourth-order valence-electron chi connectivity index (χ4n) is 1.25. The van der Waals surface area contributed by atoms with Gasteiger partial charge in [0.05, 0.1) is 5.56 Å². The number of halogens is 3. The number of hydrogen-bond donors (Lipinski definition) is 1. The predicted octanol–water partition coefficient (Wildman–Crippen LogP) is 2.74. The molecular formula is C11H6F3N3O2S. The molecule has 1 N–H and O–H groups in total. The molecule has 2 aromatic rings. The van der Waals surface area contributed by atoms with Crippen molar-refractivity contribution < 1.29 is 23.1 Å². The van der Waals surface area contributed by atoms with E-state index in [-0.39, 0.29) is 15.7 Å². The van der Waals surface area contributed by atoms with Crippen LogP contribution in [-0.4, -0.2) is 26.0 Å². The van der Waals surface area contributed by atoms with Crippen LogP contribution in [0.15, 0.2) is 40.8 Å². The van der Waals surface area contributed by atoms with Crippen molar-refractivity contribution in [2.45, 2.75) is 16.2 Å². The third-order valence-electron chi connectivity index (χ3n) is 2.13. The van der Waals surface area contributed by atoms with Crippen molar-refractivity contribution in [3.8, 4) is 0 Å². The molecule has 2 aromatic heterocycles. The molecule has 2 heterocycles. The van der Waals surface area contributed by atoms with E-state index in [1.54, 1.807) is 0 Å². The van der Waals surface area contributed by atoms with E-state index in [0.717, 1.165) is 23.9 Å². The molecule has 0 unspecified atom stereocenters. The zero-order chi connectivity index (χ0) is 14.8. The third-order valence-corrected chi connectivity index (χ3v) is 3.07. The van der Waals surface area contributed by atoms with Crippen LogP contribution in [0.3, 0.4) is 0 Å². The number of hydrogen-bond acceptors (Lipinski definition) is 5. The zero-order valence-corrected chi connectivity index (χ0v) is 10.4. The van der Waals surface area contributed by atoms with E-state index < -0.39 is 17.7 Å². The summed E-state index contributed by atoms with van der Waals surface area (Å²) < 4.78 is 37.1. The van der Waals surface area contributed by atoms with Gasteiger partial charge in [-0.25, -0.2) is 19.7 Å². The average molecular weight is 301 g/mol. The molecule has 0 saturated heterocycles. The number of carboxylic acid groups (broad SMARTS) is 1. The first-order valence-electron chi connectivity index (χ1n) is 5.13. The highest BCUT2D eigenvalue weighted by molar-refractivity contribution is 7.99. The highest BCUT2D eigenvalue weighted by Gasteiger charge is 2.30. The van der Waals surface area contributed by atoms with E-state index in [1.165, 1.54) is 12.4 Å². The fourth-order valence-corrected chi connectivity index (χ4v) is 2.04. The molecule has 0 amide bonds. The summed E-state index contributed by atoms with van der Waals surface area (Å²) in [7, 11) is 0. The van der Waals surface area contributed by atoms with E-state index in [2.05, 4.69) is 15.0 Å². The first-order valence-corrected chi connectivity index (χ1v) is 5.95. The Balaban J connectivity index is 2.25. The van der Waals surface area contributed by atoms with Gasteiger partial charge >= 0.3 is 12.1 Å². The number of aromatic carboxylic acids is 1. The Bertz CT molecular complexity index is 632. The van der Waals surface area contributed by atoms with Crippen LogP contribution in [0, 0.1) is 0 Å². The molecule has 0 atom stereocenters. The summed E-state index contributed by atoms with van der Waals surface area (Å²) in [5.41, 5.74) is -1.15. The summed E-state index contributed by atoms with van der Waals surface area (Å²) in [5, 5.41) is 9.17. The summed E-state index contributed by atoms with van der Waals surface area (Å²) >= 11 is 0.829. The van der Waals surface area contributed by atoms with Crippen molar-refractivity contribution >= 4 is 17.7 Å². The van der Waals surface area contributed by atoms with Gasteiger partial charge in [0.1, 0.15) is 10.1 Å². The lowest BCUT2D eigenvalue weighted by atomic mass is 10.3. The van der Waals surface area contributed by atoms with Crippen LogP contribution in [-0.2, 0) is 6.18 Å². The van der Waals surface area contributed by atoms with Gasteiger partial charge in [0.15, 0.2) is 5.69 Å². The van der Waals surface area contributed by atoms with Gasteiger partial charge in [-0.2, -0.15) is 13.2 Å². The summed E-state index contributed by atoms with van der Waals surface area (Å²) in [4.78, 5) is 22.0. The average Bonchev–Trinajstić information content (AvgIpc) is 2.38. The Kier molecular flexibility index (Phi) is 3.89. The second-order valence-electron chi connectivity index (χ2n) is 3.50. The number of carboxylic acids is 1. The lowest BCUT2D eigenvalue weighted by Gasteiger charge is -2.07. The van der Waals surface area contributed by atoms with Crippen LogP contribution in [0.5, 0.6) is 0 Å². The Morgan fingerprint density at radius 2 is 1.85 bits per heavy atom. The van der Waals surface area contributed by atoms with E-state index in [1.807, 2.05) is 0 Å². The topological polar surface area (TPSA) is 76.0 Å². The maximum absolute atomic E-state index is 12.4. The molecule has 0 bridgehead atoms.